The molecule has 0 saturated carbocycles. The molecule has 1 amide bonds. The van der Waals surface area contributed by atoms with Gasteiger partial charge in [0.05, 0.1) is 20.1 Å². The summed E-state index contributed by atoms with van der Waals surface area (Å²) in [6.07, 6.45) is 2.11. The van der Waals surface area contributed by atoms with E-state index in [9.17, 15) is 9.90 Å². The smallest absolute Gasteiger partial charge is 0.228 e. The molecule has 0 aliphatic carbocycles. The Morgan fingerprint density at radius 3 is 2.83 bits per heavy atom. The number of nitrogens with one attached hydrogen (secondary N) is 2. The number of rotatable bonds is 5. The number of fused-ring (bicyclic) bond motifs is 1. The number of aromatic amines is 1. The molecule has 0 aliphatic rings. The lowest BCUT2D eigenvalue weighted by Gasteiger charge is -2.10. The lowest BCUT2D eigenvalue weighted by Crippen LogP contribution is -2.15. The van der Waals surface area contributed by atoms with Crippen molar-refractivity contribution in [3.63, 3.8) is 0 Å². The molecule has 2 aromatic carbocycles. The highest BCUT2D eigenvalue weighted by Crippen LogP contribution is 2.24. The van der Waals surface area contributed by atoms with Gasteiger partial charge >= 0.3 is 0 Å². The lowest BCUT2D eigenvalue weighted by atomic mass is 10.1. The van der Waals surface area contributed by atoms with Crippen molar-refractivity contribution >= 4 is 22.5 Å². The molecule has 3 rings (SSSR count). The normalized spacial score (nSPS) is 10.8. The predicted octanol–water partition coefficient (Wildman–Crippen LogP) is 3.16. The molecular formula is C19H20N2O3. The number of benzene rings is 2. The van der Waals surface area contributed by atoms with Gasteiger partial charge < -0.3 is 20.1 Å². The molecule has 0 unspecified atom stereocenters. The van der Waals surface area contributed by atoms with E-state index in [1.165, 1.54) is 0 Å². The van der Waals surface area contributed by atoms with Crippen LogP contribution < -0.4 is 10.1 Å². The van der Waals surface area contributed by atoms with E-state index in [0.29, 0.717) is 0 Å². The lowest BCUT2D eigenvalue weighted by molar-refractivity contribution is -0.115. The fourth-order valence-corrected chi connectivity index (χ4v) is 2.70. The third-order valence-electron chi connectivity index (χ3n) is 4.08. The minimum Gasteiger partial charge on any atom is -0.497 e. The van der Waals surface area contributed by atoms with Crippen molar-refractivity contribution in [2.24, 2.45) is 0 Å². The Kier molecular flexibility index (Phi) is 4.53. The zero-order valence-electron chi connectivity index (χ0n) is 13.7. The average Bonchev–Trinajstić information content (AvgIpc) is 2.98. The van der Waals surface area contributed by atoms with Crippen LogP contribution in [0.4, 0.5) is 5.69 Å². The van der Waals surface area contributed by atoms with E-state index in [-0.39, 0.29) is 18.9 Å². The molecule has 3 N–H and O–H groups in total. The third kappa shape index (κ3) is 3.26. The van der Waals surface area contributed by atoms with Crippen molar-refractivity contribution in [1.82, 2.24) is 4.98 Å². The highest BCUT2D eigenvalue weighted by atomic mass is 16.5. The van der Waals surface area contributed by atoms with Crippen molar-refractivity contribution in [3.8, 4) is 5.75 Å². The van der Waals surface area contributed by atoms with Crippen molar-refractivity contribution in [1.29, 1.82) is 0 Å². The average molecular weight is 324 g/mol. The second kappa shape index (κ2) is 6.76. The number of hydrogen-bond acceptors (Lipinski definition) is 3. The molecule has 124 valence electrons. The first kappa shape index (κ1) is 16.1. The number of methoxy groups -OCH3 is 1. The fourth-order valence-electron chi connectivity index (χ4n) is 2.70. The standard InChI is InChI=1S/C19H20N2O3/c1-12-3-4-13(11-22)7-18(12)21-19(23)8-14-10-20-17-6-5-15(24-2)9-16(14)17/h3-7,9-10,20,22H,8,11H2,1-2H3,(H,21,23). The minimum atomic E-state index is -0.100. The number of carbonyl (C=O) groups is 1. The largest absolute Gasteiger partial charge is 0.497 e. The van der Waals surface area contributed by atoms with E-state index in [1.807, 2.05) is 43.5 Å². The Labute approximate surface area is 140 Å². The number of hydrogen-bond donors (Lipinski definition) is 3. The van der Waals surface area contributed by atoms with Gasteiger partial charge in [-0.1, -0.05) is 12.1 Å². The fraction of sp³-hybridized carbons (Fsp3) is 0.211. The topological polar surface area (TPSA) is 74.4 Å². The Morgan fingerprint density at radius 1 is 1.25 bits per heavy atom. The van der Waals surface area contributed by atoms with Gasteiger partial charge in [0.1, 0.15) is 5.75 Å². The summed E-state index contributed by atoms with van der Waals surface area (Å²) >= 11 is 0. The van der Waals surface area contributed by atoms with Crippen molar-refractivity contribution in [2.75, 3.05) is 12.4 Å². The van der Waals surface area contributed by atoms with Crippen LogP contribution in [0, 0.1) is 6.92 Å². The van der Waals surface area contributed by atoms with Gasteiger partial charge in [-0.25, -0.2) is 0 Å². The number of amides is 1. The summed E-state index contributed by atoms with van der Waals surface area (Å²) in [6.45, 7) is 1.87. The van der Waals surface area contributed by atoms with Gasteiger partial charge in [0, 0.05) is 22.8 Å². The number of aryl methyl sites for hydroxylation is 1. The number of anilines is 1. The van der Waals surface area contributed by atoms with E-state index in [0.717, 1.165) is 39.0 Å². The Balaban J connectivity index is 1.80. The molecule has 0 saturated heterocycles. The maximum Gasteiger partial charge on any atom is 0.228 e. The van der Waals surface area contributed by atoms with Gasteiger partial charge in [-0.2, -0.15) is 0 Å². The summed E-state index contributed by atoms with van der Waals surface area (Å²) < 4.78 is 5.25. The maximum atomic E-state index is 12.4. The molecule has 5 heteroatoms. The zero-order valence-corrected chi connectivity index (χ0v) is 13.7. The summed E-state index contributed by atoms with van der Waals surface area (Å²) in [5, 5.41) is 13.1. The van der Waals surface area contributed by atoms with E-state index < -0.39 is 0 Å². The van der Waals surface area contributed by atoms with Crippen LogP contribution in [0.3, 0.4) is 0 Å². The van der Waals surface area contributed by atoms with Crippen molar-refractivity contribution in [2.45, 2.75) is 20.0 Å². The van der Waals surface area contributed by atoms with Crippen molar-refractivity contribution < 1.29 is 14.6 Å². The third-order valence-corrected chi connectivity index (χ3v) is 4.08. The van der Waals surface area contributed by atoms with Crippen LogP contribution in [0.15, 0.2) is 42.6 Å². The number of carbonyl (C=O) groups excluding carboxylic acids is 1. The zero-order chi connectivity index (χ0) is 17.1. The van der Waals surface area contributed by atoms with E-state index in [1.54, 1.807) is 13.2 Å². The van der Waals surface area contributed by atoms with Crippen LogP contribution >= 0.6 is 0 Å². The molecule has 0 bridgehead atoms. The number of ether oxygens (including phenoxy) is 1. The molecule has 1 aromatic heterocycles. The molecule has 24 heavy (non-hydrogen) atoms. The van der Waals surface area contributed by atoms with Gasteiger partial charge in [0.2, 0.25) is 5.91 Å². The summed E-state index contributed by atoms with van der Waals surface area (Å²) in [6, 6.07) is 11.3. The summed E-state index contributed by atoms with van der Waals surface area (Å²) in [5.74, 6) is 0.659. The van der Waals surface area contributed by atoms with Crippen LogP contribution in [0.5, 0.6) is 5.75 Å². The van der Waals surface area contributed by atoms with Gasteiger partial charge in [-0.15, -0.1) is 0 Å². The first-order chi connectivity index (χ1) is 11.6. The summed E-state index contributed by atoms with van der Waals surface area (Å²) in [4.78, 5) is 15.6. The number of H-pyrrole nitrogens is 1. The highest BCUT2D eigenvalue weighted by Gasteiger charge is 2.11. The SMILES string of the molecule is COc1ccc2[nH]cc(CC(=O)Nc3cc(CO)ccc3C)c2c1. The second-order valence-corrected chi connectivity index (χ2v) is 5.76. The molecule has 1 heterocycles. The van der Waals surface area contributed by atoms with Crippen molar-refractivity contribution in [3.05, 3.63) is 59.3 Å². The number of aliphatic hydroxyl groups excluding tert-OH is 1. The van der Waals surface area contributed by atoms with Gasteiger partial charge in [0.15, 0.2) is 0 Å². The molecule has 0 atom stereocenters. The van der Waals surface area contributed by atoms with Crippen LogP contribution in [-0.2, 0) is 17.8 Å². The Bertz CT molecular complexity index is 883. The molecule has 3 aromatic rings. The van der Waals surface area contributed by atoms with Crippen LogP contribution in [0.1, 0.15) is 16.7 Å². The van der Waals surface area contributed by atoms with Gasteiger partial charge in [-0.05, 0) is 47.9 Å². The molecular weight excluding hydrogens is 304 g/mol. The molecule has 0 spiro atoms. The first-order valence-corrected chi connectivity index (χ1v) is 7.75. The first-order valence-electron chi connectivity index (χ1n) is 7.75. The second-order valence-electron chi connectivity index (χ2n) is 5.76. The van der Waals surface area contributed by atoms with E-state index in [2.05, 4.69) is 10.3 Å². The monoisotopic (exact) mass is 324 g/mol. The summed E-state index contributed by atoms with van der Waals surface area (Å²) in [5.41, 5.74) is 4.34. The minimum absolute atomic E-state index is 0.0502. The van der Waals surface area contributed by atoms with Gasteiger partial charge in [0.25, 0.3) is 0 Å². The summed E-state index contributed by atoms with van der Waals surface area (Å²) in [7, 11) is 1.62. The van der Waals surface area contributed by atoms with E-state index >= 15 is 0 Å². The number of aromatic nitrogens is 1. The molecule has 0 aliphatic heterocycles. The Morgan fingerprint density at radius 2 is 2.08 bits per heavy atom. The maximum absolute atomic E-state index is 12.4. The molecule has 0 radical (unpaired) electrons. The van der Waals surface area contributed by atoms with Crippen LogP contribution in [0.25, 0.3) is 10.9 Å². The quantitative estimate of drug-likeness (QED) is 0.675. The Hall–Kier alpha value is -2.79. The highest BCUT2D eigenvalue weighted by molar-refractivity contribution is 5.96. The van der Waals surface area contributed by atoms with Gasteiger partial charge in [-0.3, -0.25) is 4.79 Å². The predicted molar refractivity (Wildman–Crippen MR) is 94.3 cm³/mol. The number of aliphatic hydroxyl groups is 1. The van der Waals surface area contributed by atoms with Crippen LogP contribution in [-0.4, -0.2) is 23.1 Å². The molecule has 5 nitrogen and oxygen atoms in total. The van der Waals surface area contributed by atoms with Crippen LogP contribution in [0.2, 0.25) is 0 Å². The molecule has 0 fully saturated rings. The van der Waals surface area contributed by atoms with E-state index in [4.69, 9.17) is 4.74 Å².